The van der Waals surface area contributed by atoms with Crippen LogP contribution in [0.25, 0.3) is 11.5 Å². The van der Waals surface area contributed by atoms with Gasteiger partial charge in [-0.2, -0.15) is 0 Å². The van der Waals surface area contributed by atoms with E-state index in [1.165, 1.54) is 11.1 Å². The molecule has 1 aliphatic heterocycles. The number of likely N-dealkylation sites (tertiary alicyclic amines) is 1. The summed E-state index contributed by atoms with van der Waals surface area (Å²) in [6.45, 7) is 12.7. The largest absolute Gasteiger partial charge is 0.409 e. The number of carbonyl (C=O) groups is 1. The van der Waals surface area contributed by atoms with E-state index in [0.29, 0.717) is 23.3 Å². The van der Waals surface area contributed by atoms with Gasteiger partial charge >= 0.3 is 0 Å². The van der Waals surface area contributed by atoms with Gasteiger partial charge in [-0.1, -0.05) is 31.0 Å². The Bertz CT molecular complexity index is 890. The number of piperidine rings is 1. The molecule has 0 radical (unpaired) electrons. The molecule has 1 aromatic carbocycles. The van der Waals surface area contributed by atoms with Crippen LogP contribution in [0.4, 0.5) is 0 Å². The van der Waals surface area contributed by atoms with Crippen LogP contribution in [0.3, 0.4) is 0 Å². The van der Waals surface area contributed by atoms with Gasteiger partial charge in [0, 0.05) is 30.6 Å². The molecule has 1 amide bonds. The van der Waals surface area contributed by atoms with Crippen LogP contribution in [-0.4, -0.2) is 39.7 Å². The van der Waals surface area contributed by atoms with Crippen LogP contribution < -0.4 is 5.32 Å². The zero-order valence-electron chi connectivity index (χ0n) is 18.1. The number of aromatic nitrogens is 2. The summed E-state index contributed by atoms with van der Waals surface area (Å²) in [7, 11) is 0. The summed E-state index contributed by atoms with van der Waals surface area (Å²) in [4.78, 5) is 15.1. The molecule has 0 saturated carbocycles. The summed E-state index contributed by atoms with van der Waals surface area (Å²) in [6, 6.07) is 6.44. The molecule has 29 heavy (non-hydrogen) atoms. The van der Waals surface area contributed by atoms with Crippen LogP contribution in [0.15, 0.2) is 22.6 Å². The molecular formula is C22H32N4O2S. The molecule has 2 heterocycles. The summed E-state index contributed by atoms with van der Waals surface area (Å²) in [5, 5.41) is 7.74. The van der Waals surface area contributed by atoms with Crippen molar-refractivity contribution in [3.8, 4) is 11.5 Å². The number of nitrogens with one attached hydrogen (secondary N) is 1. The first-order chi connectivity index (χ1) is 13.7. The van der Waals surface area contributed by atoms with Crippen molar-refractivity contribution in [2.45, 2.75) is 60.2 Å². The van der Waals surface area contributed by atoms with Crippen molar-refractivity contribution in [2.75, 3.05) is 13.1 Å². The van der Waals surface area contributed by atoms with Gasteiger partial charge in [0.25, 0.3) is 4.84 Å². The normalized spacial score (nSPS) is 16.9. The Morgan fingerprint density at radius 2 is 1.83 bits per heavy atom. The van der Waals surface area contributed by atoms with Gasteiger partial charge < -0.3 is 9.73 Å². The van der Waals surface area contributed by atoms with E-state index >= 15 is 0 Å². The Kier molecular flexibility index (Phi) is 6.90. The SMILES string of the molecule is Cc1cc(C)cc(-c2nn(CN3CCC(C(=O)NC(C)C(C)C)CC3)c(=S)o2)c1. The van der Waals surface area contributed by atoms with Crippen molar-refractivity contribution < 1.29 is 9.21 Å². The summed E-state index contributed by atoms with van der Waals surface area (Å²) in [5.74, 6) is 1.27. The van der Waals surface area contributed by atoms with Crippen LogP contribution in [0.2, 0.25) is 0 Å². The van der Waals surface area contributed by atoms with Crippen LogP contribution in [0.5, 0.6) is 0 Å². The second-order valence-electron chi connectivity index (χ2n) is 8.62. The number of rotatable bonds is 6. The molecule has 1 atom stereocenters. The lowest BCUT2D eigenvalue weighted by molar-refractivity contribution is -0.127. The average Bonchev–Trinajstić information content (AvgIpc) is 3.02. The number of nitrogens with zero attached hydrogens (tertiary/aromatic N) is 3. The number of hydrogen-bond acceptors (Lipinski definition) is 5. The fourth-order valence-corrected chi connectivity index (χ4v) is 3.82. The van der Waals surface area contributed by atoms with E-state index in [1.54, 1.807) is 4.68 Å². The van der Waals surface area contributed by atoms with E-state index in [0.717, 1.165) is 31.5 Å². The third-order valence-corrected chi connectivity index (χ3v) is 6.03. The number of carbonyl (C=O) groups excluding carboxylic acids is 1. The number of amides is 1. The molecule has 7 heteroatoms. The van der Waals surface area contributed by atoms with Gasteiger partial charge in [0.15, 0.2) is 0 Å². The minimum Gasteiger partial charge on any atom is -0.409 e. The first-order valence-electron chi connectivity index (χ1n) is 10.4. The number of hydrogen-bond donors (Lipinski definition) is 1. The second kappa shape index (κ2) is 9.22. The lowest BCUT2D eigenvalue weighted by Crippen LogP contribution is -2.44. The summed E-state index contributed by atoms with van der Waals surface area (Å²) in [5.41, 5.74) is 3.28. The fourth-order valence-electron chi connectivity index (χ4n) is 3.65. The maximum atomic E-state index is 12.5. The van der Waals surface area contributed by atoms with Gasteiger partial charge in [-0.25, -0.2) is 4.68 Å². The zero-order valence-corrected chi connectivity index (χ0v) is 18.9. The van der Waals surface area contributed by atoms with E-state index in [4.69, 9.17) is 16.6 Å². The minimum atomic E-state index is 0.0866. The van der Waals surface area contributed by atoms with E-state index in [-0.39, 0.29) is 17.9 Å². The lowest BCUT2D eigenvalue weighted by Gasteiger charge is -2.31. The van der Waals surface area contributed by atoms with Gasteiger partial charge in [0.2, 0.25) is 11.8 Å². The Labute approximate surface area is 178 Å². The van der Waals surface area contributed by atoms with Crippen LogP contribution in [-0.2, 0) is 11.5 Å². The highest BCUT2D eigenvalue weighted by molar-refractivity contribution is 7.71. The molecule has 0 spiro atoms. The van der Waals surface area contributed by atoms with Crippen molar-refractivity contribution in [2.24, 2.45) is 11.8 Å². The molecule has 3 rings (SSSR count). The standard InChI is InChI=1S/C22H32N4O2S/c1-14(2)17(5)23-20(27)18-6-8-25(9-7-18)13-26-22(29)28-21(24-26)19-11-15(3)10-16(4)12-19/h10-12,14,17-18H,6-9,13H2,1-5H3,(H,23,27). The quantitative estimate of drug-likeness (QED) is 0.711. The molecule has 6 nitrogen and oxygen atoms in total. The highest BCUT2D eigenvalue weighted by Gasteiger charge is 2.26. The van der Waals surface area contributed by atoms with Crippen molar-refractivity contribution in [3.05, 3.63) is 34.2 Å². The van der Waals surface area contributed by atoms with Gasteiger partial charge in [-0.15, -0.1) is 5.10 Å². The fraction of sp³-hybridized carbons (Fsp3) is 0.591. The third kappa shape index (κ3) is 5.54. The molecule has 158 valence electrons. The first kappa shape index (κ1) is 21.7. The molecule has 1 saturated heterocycles. The van der Waals surface area contributed by atoms with Crippen LogP contribution in [0.1, 0.15) is 44.7 Å². The van der Waals surface area contributed by atoms with Crippen LogP contribution >= 0.6 is 12.2 Å². The Morgan fingerprint density at radius 3 is 2.41 bits per heavy atom. The maximum Gasteiger partial charge on any atom is 0.288 e. The summed E-state index contributed by atoms with van der Waals surface area (Å²) in [6.07, 6.45) is 1.71. The maximum absolute atomic E-state index is 12.5. The molecule has 0 aliphatic carbocycles. The van der Waals surface area contributed by atoms with E-state index in [2.05, 4.69) is 68.1 Å². The number of aryl methyl sites for hydroxylation is 2. The molecule has 1 unspecified atom stereocenters. The lowest BCUT2D eigenvalue weighted by atomic mass is 9.95. The minimum absolute atomic E-state index is 0.0866. The van der Waals surface area contributed by atoms with E-state index in [1.807, 2.05) is 0 Å². The molecule has 1 aliphatic rings. The van der Waals surface area contributed by atoms with Gasteiger partial charge in [0.1, 0.15) is 0 Å². The molecular weight excluding hydrogens is 384 g/mol. The molecule has 1 N–H and O–H groups in total. The first-order valence-corrected chi connectivity index (χ1v) is 10.8. The van der Waals surface area contributed by atoms with E-state index < -0.39 is 0 Å². The van der Waals surface area contributed by atoms with Crippen molar-refractivity contribution in [1.29, 1.82) is 0 Å². The van der Waals surface area contributed by atoms with Crippen molar-refractivity contribution in [3.63, 3.8) is 0 Å². The molecule has 2 aromatic rings. The molecule has 1 fully saturated rings. The van der Waals surface area contributed by atoms with Gasteiger partial charge in [0.05, 0.1) is 6.67 Å². The predicted octanol–water partition coefficient (Wildman–Crippen LogP) is 4.32. The highest BCUT2D eigenvalue weighted by atomic mass is 32.1. The Hall–Kier alpha value is -1.99. The highest BCUT2D eigenvalue weighted by Crippen LogP contribution is 2.22. The zero-order chi connectivity index (χ0) is 21.1. The second-order valence-corrected chi connectivity index (χ2v) is 8.97. The Balaban J connectivity index is 1.59. The Morgan fingerprint density at radius 1 is 1.21 bits per heavy atom. The van der Waals surface area contributed by atoms with Crippen LogP contribution in [0, 0.1) is 30.5 Å². The smallest absolute Gasteiger partial charge is 0.288 e. The van der Waals surface area contributed by atoms with Gasteiger partial charge in [-0.05, 0) is 63.9 Å². The monoisotopic (exact) mass is 416 g/mol. The van der Waals surface area contributed by atoms with Crippen molar-refractivity contribution in [1.82, 2.24) is 20.0 Å². The predicted molar refractivity (Wildman–Crippen MR) is 117 cm³/mol. The van der Waals surface area contributed by atoms with Gasteiger partial charge in [-0.3, -0.25) is 9.69 Å². The number of benzene rings is 1. The molecule has 1 aromatic heterocycles. The average molecular weight is 417 g/mol. The molecule has 0 bridgehead atoms. The third-order valence-electron chi connectivity index (χ3n) is 5.74. The summed E-state index contributed by atoms with van der Waals surface area (Å²) < 4.78 is 7.49. The van der Waals surface area contributed by atoms with E-state index in [9.17, 15) is 4.79 Å². The summed E-state index contributed by atoms with van der Waals surface area (Å²) >= 11 is 5.39. The topological polar surface area (TPSA) is 63.3 Å². The van der Waals surface area contributed by atoms with Crippen molar-refractivity contribution >= 4 is 18.1 Å².